The highest BCUT2D eigenvalue weighted by molar-refractivity contribution is 6.29. The van der Waals surface area contributed by atoms with Crippen LogP contribution >= 0.6 is 11.6 Å². The molecule has 2 aliphatic rings. The van der Waals surface area contributed by atoms with Crippen molar-refractivity contribution in [3.8, 4) is 0 Å². The van der Waals surface area contributed by atoms with Crippen molar-refractivity contribution in [2.24, 2.45) is 0 Å². The smallest absolute Gasteiger partial charge is 0.133 e. The number of hydrogen-bond donors (Lipinski definition) is 0. The molecule has 19 heavy (non-hydrogen) atoms. The van der Waals surface area contributed by atoms with E-state index in [9.17, 15) is 0 Å². The number of ether oxygens (including phenoxy) is 1. The molecule has 0 saturated carbocycles. The van der Waals surface area contributed by atoms with Crippen LogP contribution in [0.5, 0.6) is 0 Å². The molecular weight excluding hydrogens is 262 g/mol. The van der Waals surface area contributed by atoms with Crippen molar-refractivity contribution in [2.45, 2.75) is 50.3 Å². The maximum atomic E-state index is 6.10. The topological polar surface area (TPSA) is 38.2 Å². The van der Waals surface area contributed by atoms with Crippen LogP contribution in [0.4, 0.5) is 0 Å². The first-order valence-corrected chi connectivity index (χ1v) is 7.29. The van der Waals surface area contributed by atoms with E-state index in [1.54, 1.807) is 13.2 Å². The molecule has 3 heterocycles. The van der Waals surface area contributed by atoms with Crippen LogP contribution in [0, 0.1) is 0 Å². The third-order valence-electron chi connectivity index (χ3n) is 4.52. The second-order valence-electron chi connectivity index (χ2n) is 5.69. The number of methoxy groups -OCH3 is 1. The summed E-state index contributed by atoms with van der Waals surface area (Å²) in [4.78, 5) is 11.6. The van der Waals surface area contributed by atoms with Gasteiger partial charge in [0.15, 0.2) is 0 Å². The van der Waals surface area contributed by atoms with Gasteiger partial charge in [-0.1, -0.05) is 11.6 Å². The highest BCUT2D eigenvalue weighted by Crippen LogP contribution is 2.41. The van der Waals surface area contributed by atoms with E-state index in [0.717, 1.165) is 24.4 Å². The van der Waals surface area contributed by atoms with Crippen molar-refractivity contribution in [2.75, 3.05) is 14.2 Å². The standard InChI is InChI=1S/C14H20ClN3O/c1-18-11-3-4-12(18)6-9(5-11)14-16-10(8-19-2)7-13(15)17-14/h7,9,11-12H,3-6,8H2,1-2H3. The molecule has 0 radical (unpaired) electrons. The Bertz CT molecular complexity index is 454. The van der Waals surface area contributed by atoms with Crippen molar-refractivity contribution >= 4 is 11.6 Å². The van der Waals surface area contributed by atoms with Gasteiger partial charge in [-0.05, 0) is 38.8 Å². The van der Waals surface area contributed by atoms with Crippen LogP contribution in [0.2, 0.25) is 5.15 Å². The summed E-state index contributed by atoms with van der Waals surface area (Å²) in [6.45, 7) is 0.495. The Hall–Kier alpha value is -0.710. The molecule has 0 aliphatic carbocycles. The van der Waals surface area contributed by atoms with Crippen molar-refractivity contribution in [1.82, 2.24) is 14.9 Å². The van der Waals surface area contributed by atoms with E-state index in [-0.39, 0.29) is 0 Å². The highest BCUT2D eigenvalue weighted by Gasteiger charge is 2.39. The van der Waals surface area contributed by atoms with Gasteiger partial charge in [0, 0.05) is 25.1 Å². The van der Waals surface area contributed by atoms with Gasteiger partial charge in [-0.2, -0.15) is 0 Å². The first-order chi connectivity index (χ1) is 9.17. The summed E-state index contributed by atoms with van der Waals surface area (Å²) in [5.74, 6) is 1.35. The number of aromatic nitrogens is 2. The lowest BCUT2D eigenvalue weighted by Crippen LogP contribution is -2.39. The van der Waals surface area contributed by atoms with Crippen molar-refractivity contribution in [1.29, 1.82) is 0 Å². The zero-order valence-corrected chi connectivity index (χ0v) is 12.2. The zero-order chi connectivity index (χ0) is 13.4. The fourth-order valence-corrected chi connectivity index (χ4v) is 3.72. The van der Waals surface area contributed by atoms with E-state index >= 15 is 0 Å². The van der Waals surface area contributed by atoms with Gasteiger partial charge in [-0.15, -0.1) is 0 Å². The first-order valence-electron chi connectivity index (χ1n) is 6.91. The normalized spacial score (nSPS) is 30.8. The van der Waals surface area contributed by atoms with E-state index < -0.39 is 0 Å². The maximum absolute atomic E-state index is 6.10. The fraction of sp³-hybridized carbons (Fsp3) is 0.714. The van der Waals surface area contributed by atoms with Gasteiger partial charge in [0.1, 0.15) is 11.0 Å². The molecule has 104 valence electrons. The molecule has 2 fully saturated rings. The van der Waals surface area contributed by atoms with Gasteiger partial charge >= 0.3 is 0 Å². The maximum Gasteiger partial charge on any atom is 0.133 e. The Morgan fingerprint density at radius 1 is 1.32 bits per heavy atom. The third kappa shape index (κ3) is 2.62. The lowest BCUT2D eigenvalue weighted by atomic mass is 9.90. The predicted molar refractivity (Wildman–Crippen MR) is 74.3 cm³/mol. The summed E-state index contributed by atoms with van der Waals surface area (Å²) >= 11 is 6.10. The number of piperidine rings is 1. The predicted octanol–water partition coefficient (Wildman–Crippen LogP) is 2.62. The van der Waals surface area contributed by atoms with Gasteiger partial charge in [-0.25, -0.2) is 9.97 Å². The summed E-state index contributed by atoms with van der Waals surface area (Å²) in [7, 11) is 3.92. The van der Waals surface area contributed by atoms with Crippen LogP contribution in [0.15, 0.2) is 6.07 Å². The van der Waals surface area contributed by atoms with Crippen molar-refractivity contribution < 1.29 is 4.74 Å². The molecule has 2 unspecified atom stereocenters. The molecule has 0 N–H and O–H groups in total. The fourth-order valence-electron chi connectivity index (χ4n) is 3.51. The van der Waals surface area contributed by atoms with E-state index in [4.69, 9.17) is 16.3 Å². The molecule has 2 bridgehead atoms. The molecule has 0 amide bonds. The van der Waals surface area contributed by atoms with Crippen LogP contribution in [0.1, 0.15) is 43.1 Å². The molecule has 2 saturated heterocycles. The molecular formula is C14H20ClN3O. The minimum Gasteiger partial charge on any atom is -0.378 e. The average Bonchev–Trinajstić information content (AvgIpc) is 2.62. The number of hydrogen-bond acceptors (Lipinski definition) is 4. The summed E-state index contributed by atoms with van der Waals surface area (Å²) in [6.07, 6.45) is 4.92. The SMILES string of the molecule is COCc1cc(Cl)nc(C2CC3CCC(C2)N3C)n1. The first kappa shape index (κ1) is 13.3. The molecule has 0 aromatic carbocycles. The Labute approximate surface area is 119 Å². The van der Waals surface area contributed by atoms with E-state index in [0.29, 0.717) is 29.8 Å². The summed E-state index contributed by atoms with van der Waals surface area (Å²) < 4.78 is 5.14. The highest BCUT2D eigenvalue weighted by atomic mass is 35.5. The van der Waals surface area contributed by atoms with E-state index in [1.165, 1.54) is 12.8 Å². The lowest BCUT2D eigenvalue weighted by Gasteiger charge is -2.35. The zero-order valence-electron chi connectivity index (χ0n) is 11.5. The van der Waals surface area contributed by atoms with E-state index in [1.807, 2.05) is 0 Å². The van der Waals surface area contributed by atoms with Crippen LogP contribution in [0.25, 0.3) is 0 Å². The van der Waals surface area contributed by atoms with Crippen LogP contribution in [-0.4, -0.2) is 41.1 Å². The minimum absolute atomic E-state index is 0.447. The lowest BCUT2D eigenvalue weighted by molar-refractivity contribution is 0.157. The third-order valence-corrected chi connectivity index (χ3v) is 4.71. The Morgan fingerprint density at radius 3 is 2.63 bits per heavy atom. The van der Waals surface area contributed by atoms with E-state index in [2.05, 4.69) is 21.9 Å². The number of nitrogens with zero attached hydrogens (tertiary/aromatic N) is 3. The average molecular weight is 282 g/mol. The molecule has 4 nitrogen and oxygen atoms in total. The Morgan fingerprint density at radius 2 is 2.00 bits per heavy atom. The summed E-state index contributed by atoms with van der Waals surface area (Å²) in [5.41, 5.74) is 0.878. The van der Waals surface area contributed by atoms with Crippen molar-refractivity contribution in [3.63, 3.8) is 0 Å². The summed E-state index contributed by atoms with van der Waals surface area (Å²) in [6, 6.07) is 3.17. The minimum atomic E-state index is 0.447. The molecule has 5 heteroatoms. The van der Waals surface area contributed by atoms with Gasteiger partial charge in [0.25, 0.3) is 0 Å². The summed E-state index contributed by atoms with van der Waals surface area (Å²) in [5, 5.41) is 0.531. The Kier molecular flexibility index (Phi) is 3.74. The van der Waals surface area contributed by atoms with Crippen LogP contribution in [0.3, 0.4) is 0 Å². The molecule has 2 aliphatic heterocycles. The van der Waals surface area contributed by atoms with Gasteiger partial charge in [0.2, 0.25) is 0 Å². The number of rotatable bonds is 3. The molecule has 1 aromatic heterocycles. The monoisotopic (exact) mass is 281 g/mol. The quantitative estimate of drug-likeness (QED) is 0.799. The Balaban J connectivity index is 1.82. The second kappa shape index (κ2) is 5.35. The molecule has 2 atom stereocenters. The van der Waals surface area contributed by atoms with Crippen molar-refractivity contribution in [3.05, 3.63) is 22.7 Å². The van der Waals surface area contributed by atoms with Gasteiger partial charge < -0.3 is 9.64 Å². The van der Waals surface area contributed by atoms with Gasteiger partial charge in [-0.3, -0.25) is 0 Å². The number of halogens is 1. The largest absolute Gasteiger partial charge is 0.378 e. The van der Waals surface area contributed by atoms with Crippen LogP contribution in [-0.2, 0) is 11.3 Å². The van der Waals surface area contributed by atoms with Gasteiger partial charge in [0.05, 0.1) is 12.3 Å². The van der Waals surface area contributed by atoms with Crippen LogP contribution < -0.4 is 0 Å². The molecule has 0 spiro atoms. The molecule has 1 aromatic rings. The second-order valence-corrected chi connectivity index (χ2v) is 6.08. The number of fused-ring (bicyclic) bond motifs is 2. The molecule has 3 rings (SSSR count).